The first-order valence-electron chi connectivity index (χ1n) is 5.50. The van der Waals surface area contributed by atoms with E-state index in [1.54, 1.807) is 11.3 Å². The number of nitrogens with one attached hydrogen (secondary N) is 1. The van der Waals surface area contributed by atoms with E-state index < -0.39 is 0 Å². The highest BCUT2D eigenvalue weighted by atomic mass is 32.1. The van der Waals surface area contributed by atoms with E-state index in [4.69, 9.17) is 0 Å². The van der Waals surface area contributed by atoms with E-state index in [0.29, 0.717) is 5.92 Å². The molecule has 0 aliphatic heterocycles. The minimum absolute atomic E-state index is 0.225. The van der Waals surface area contributed by atoms with Crippen molar-refractivity contribution < 1.29 is 5.11 Å². The predicted octanol–water partition coefficient (Wildman–Crippen LogP) is 2.55. The Kier molecular flexibility index (Phi) is 5.29. The predicted molar refractivity (Wildman–Crippen MR) is 66.2 cm³/mol. The molecule has 0 aliphatic carbocycles. The van der Waals surface area contributed by atoms with Gasteiger partial charge in [-0.25, -0.2) is 0 Å². The molecule has 1 rings (SSSR count). The average molecular weight is 227 g/mol. The Hall–Kier alpha value is -0.380. The van der Waals surface area contributed by atoms with Gasteiger partial charge < -0.3 is 10.4 Å². The molecule has 1 heterocycles. The van der Waals surface area contributed by atoms with Gasteiger partial charge in [0.15, 0.2) is 0 Å². The second kappa shape index (κ2) is 6.26. The maximum absolute atomic E-state index is 9.21. The molecule has 0 fully saturated rings. The van der Waals surface area contributed by atoms with Gasteiger partial charge in [0.1, 0.15) is 0 Å². The number of hydrogen-bond acceptors (Lipinski definition) is 3. The molecule has 0 amide bonds. The molecule has 1 aromatic rings. The smallest absolute Gasteiger partial charge is 0.0584 e. The van der Waals surface area contributed by atoms with E-state index in [2.05, 4.69) is 37.5 Å². The maximum atomic E-state index is 9.21. The Morgan fingerprint density at radius 1 is 1.47 bits per heavy atom. The van der Waals surface area contributed by atoms with Gasteiger partial charge in [0.2, 0.25) is 0 Å². The first kappa shape index (κ1) is 12.7. The highest BCUT2D eigenvalue weighted by Gasteiger charge is 2.09. The fourth-order valence-electron chi connectivity index (χ4n) is 1.61. The summed E-state index contributed by atoms with van der Waals surface area (Å²) in [6.07, 6.45) is 1.03. The molecule has 2 N–H and O–H groups in total. The zero-order chi connectivity index (χ0) is 11.3. The van der Waals surface area contributed by atoms with Gasteiger partial charge in [0.25, 0.3) is 0 Å². The molecule has 3 heteroatoms. The second-order valence-corrected chi connectivity index (χ2v) is 5.42. The summed E-state index contributed by atoms with van der Waals surface area (Å²) in [6.45, 7) is 7.59. The Morgan fingerprint density at radius 3 is 2.67 bits per heavy atom. The van der Waals surface area contributed by atoms with E-state index in [0.717, 1.165) is 13.0 Å². The van der Waals surface area contributed by atoms with Crippen molar-refractivity contribution >= 4 is 11.3 Å². The van der Waals surface area contributed by atoms with Gasteiger partial charge in [-0.05, 0) is 36.3 Å². The second-order valence-electron chi connectivity index (χ2n) is 4.42. The van der Waals surface area contributed by atoms with E-state index in [-0.39, 0.29) is 12.6 Å². The van der Waals surface area contributed by atoms with Crippen LogP contribution in [0.15, 0.2) is 11.4 Å². The SMILES string of the molecule is Cc1ccsc1CNC(CO)CC(C)C. The molecule has 15 heavy (non-hydrogen) atoms. The van der Waals surface area contributed by atoms with Gasteiger partial charge in [-0.2, -0.15) is 0 Å². The number of aryl methyl sites for hydroxylation is 1. The van der Waals surface area contributed by atoms with Crippen LogP contribution in [0.3, 0.4) is 0 Å². The molecule has 1 unspecified atom stereocenters. The van der Waals surface area contributed by atoms with Crippen molar-refractivity contribution in [3.05, 3.63) is 21.9 Å². The zero-order valence-corrected chi connectivity index (χ0v) is 10.6. The summed E-state index contributed by atoms with van der Waals surface area (Å²) < 4.78 is 0. The van der Waals surface area contributed by atoms with E-state index in [1.165, 1.54) is 10.4 Å². The van der Waals surface area contributed by atoms with Crippen molar-refractivity contribution in [2.24, 2.45) is 5.92 Å². The van der Waals surface area contributed by atoms with Crippen LogP contribution >= 0.6 is 11.3 Å². The lowest BCUT2D eigenvalue weighted by atomic mass is 10.0. The normalized spacial score (nSPS) is 13.4. The Balaban J connectivity index is 2.37. The van der Waals surface area contributed by atoms with Crippen molar-refractivity contribution in [1.29, 1.82) is 0 Å². The van der Waals surface area contributed by atoms with Gasteiger partial charge in [-0.3, -0.25) is 0 Å². The third-order valence-electron chi connectivity index (χ3n) is 2.50. The summed E-state index contributed by atoms with van der Waals surface area (Å²) in [5.74, 6) is 0.624. The molecule has 0 aromatic carbocycles. The minimum atomic E-state index is 0.225. The van der Waals surface area contributed by atoms with Crippen molar-refractivity contribution in [2.45, 2.75) is 39.8 Å². The highest BCUT2D eigenvalue weighted by Crippen LogP contribution is 2.15. The molecule has 1 atom stereocenters. The molecular formula is C12H21NOS. The fraction of sp³-hybridized carbons (Fsp3) is 0.667. The van der Waals surface area contributed by atoms with Crippen molar-refractivity contribution in [3.8, 4) is 0 Å². The quantitative estimate of drug-likeness (QED) is 0.783. The number of aliphatic hydroxyl groups excluding tert-OH is 1. The molecule has 0 bridgehead atoms. The standard InChI is InChI=1S/C12H21NOS/c1-9(2)6-11(8-14)13-7-12-10(3)4-5-15-12/h4-5,9,11,13-14H,6-8H2,1-3H3. The topological polar surface area (TPSA) is 32.3 Å². The Morgan fingerprint density at radius 2 is 2.20 bits per heavy atom. The van der Waals surface area contributed by atoms with Crippen molar-refractivity contribution in [1.82, 2.24) is 5.32 Å². The summed E-state index contributed by atoms with van der Waals surface area (Å²) in [6, 6.07) is 2.37. The largest absolute Gasteiger partial charge is 0.395 e. The Bertz CT molecular complexity index is 283. The summed E-state index contributed by atoms with van der Waals surface area (Å²) >= 11 is 1.78. The van der Waals surface area contributed by atoms with Crippen LogP contribution in [0.25, 0.3) is 0 Å². The van der Waals surface area contributed by atoms with Gasteiger partial charge in [0, 0.05) is 17.5 Å². The maximum Gasteiger partial charge on any atom is 0.0584 e. The number of hydrogen-bond donors (Lipinski definition) is 2. The van der Waals surface area contributed by atoms with Crippen LogP contribution in [-0.4, -0.2) is 17.8 Å². The minimum Gasteiger partial charge on any atom is -0.395 e. The molecular weight excluding hydrogens is 206 g/mol. The molecule has 2 nitrogen and oxygen atoms in total. The van der Waals surface area contributed by atoms with Gasteiger partial charge >= 0.3 is 0 Å². The van der Waals surface area contributed by atoms with Crippen LogP contribution in [0.1, 0.15) is 30.7 Å². The number of aliphatic hydroxyl groups is 1. The lowest BCUT2D eigenvalue weighted by Gasteiger charge is -2.18. The lowest BCUT2D eigenvalue weighted by molar-refractivity contribution is 0.224. The first-order chi connectivity index (χ1) is 7.13. The highest BCUT2D eigenvalue weighted by molar-refractivity contribution is 7.10. The van der Waals surface area contributed by atoms with E-state index in [9.17, 15) is 5.11 Å². The number of thiophene rings is 1. The zero-order valence-electron chi connectivity index (χ0n) is 9.79. The van der Waals surface area contributed by atoms with Crippen LogP contribution < -0.4 is 5.32 Å². The molecule has 1 aromatic heterocycles. The summed E-state index contributed by atoms with van der Waals surface area (Å²) in [5, 5.41) is 14.7. The van der Waals surface area contributed by atoms with Crippen LogP contribution in [0, 0.1) is 12.8 Å². The molecule has 0 aliphatic rings. The third kappa shape index (κ3) is 4.33. The summed E-state index contributed by atoms with van der Waals surface area (Å²) in [4.78, 5) is 1.37. The fourth-order valence-corrected chi connectivity index (χ4v) is 2.47. The monoisotopic (exact) mass is 227 g/mol. The average Bonchev–Trinajstić information content (AvgIpc) is 2.58. The summed E-state index contributed by atoms with van der Waals surface area (Å²) in [7, 11) is 0. The van der Waals surface area contributed by atoms with E-state index >= 15 is 0 Å². The molecule has 86 valence electrons. The molecule has 0 saturated heterocycles. The molecule has 0 spiro atoms. The van der Waals surface area contributed by atoms with Gasteiger partial charge in [0.05, 0.1) is 6.61 Å². The van der Waals surface area contributed by atoms with Crippen LogP contribution in [-0.2, 0) is 6.54 Å². The third-order valence-corrected chi connectivity index (χ3v) is 3.52. The number of rotatable bonds is 6. The Labute approximate surface area is 96.3 Å². The van der Waals surface area contributed by atoms with Gasteiger partial charge in [-0.15, -0.1) is 11.3 Å². The lowest BCUT2D eigenvalue weighted by Crippen LogP contribution is -2.33. The van der Waals surface area contributed by atoms with Crippen molar-refractivity contribution in [3.63, 3.8) is 0 Å². The van der Waals surface area contributed by atoms with Gasteiger partial charge in [-0.1, -0.05) is 13.8 Å². The summed E-state index contributed by atoms with van der Waals surface area (Å²) in [5.41, 5.74) is 1.34. The van der Waals surface area contributed by atoms with Crippen LogP contribution in [0.4, 0.5) is 0 Å². The van der Waals surface area contributed by atoms with Crippen LogP contribution in [0.2, 0.25) is 0 Å². The van der Waals surface area contributed by atoms with Crippen LogP contribution in [0.5, 0.6) is 0 Å². The van der Waals surface area contributed by atoms with E-state index in [1.807, 2.05) is 0 Å². The first-order valence-corrected chi connectivity index (χ1v) is 6.38. The molecule has 0 radical (unpaired) electrons. The van der Waals surface area contributed by atoms with Crippen molar-refractivity contribution in [2.75, 3.05) is 6.61 Å². The molecule has 0 saturated carbocycles.